The molecule has 2 heterocycles. The van der Waals surface area contributed by atoms with Gasteiger partial charge in [0, 0.05) is 0 Å². The molecule has 6 N–H and O–H groups in total. The van der Waals surface area contributed by atoms with Gasteiger partial charge < -0.3 is 0 Å². The highest BCUT2D eigenvalue weighted by Gasteiger charge is 2.24. The first-order valence-electron chi connectivity index (χ1n) is 11.1. The third kappa shape index (κ3) is 5.23. The minimum Gasteiger partial charge on any atom is -0.272 e. The van der Waals surface area contributed by atoms with Crippen molar-refractivity contribution in [3.63, 3.8) is 0 Å². The van der Waals surface area contributed by atoms with Gasteiger partial charge in [-0.05, 0) is 62.4 Å². The van der Waals surface area contributed by atoms with Crippen molar-refractivity contribution in [3.8, 4) is 11.4 Å². The second kappa shape index (κ2) is 9.89. The summed E-state index contributed by atoms with van der Waals surface area (Å²) >= 11 is 0. The lowest BCUT2D eigenvalue weighted by molar-refractivity contribution is 0.591. The van der Waals surface area contributed by atoms with E-state index in [0.29, 0.717) is 0 Å². The number of primary sulfonamides is 2. The van der Waals surface area contributed by atoms with Crippen molar-refractivity contribution in [2.75, 3.05) is 0 Å². The lowest BCUT2D eigenvalue weighted by Gasteiger charge is -2.13. The summed E-state index contributed by atoms with van der Waals surface area (Å²) in [6.45, 7) is 2.37. The van der Waals surface area contributed by atoms with Gasteiger partial charge in [-0.1, -0.05) is 0 Å². The molecule has 0 aliphatic carbocycles. The lowest BCUT2D eigenvalue weighted by atomic mass is 10.3. The van der Waals surface area contributed by atoms with Gasteiger partial charge in [-0.25, -0.2) is 45.1 Å². The van der Waals surface area contributed by atoms with Gasteiger partial charge in [0.2, 0.25) is 29.9 Å². The van der Waals surface area contributed by atoms with E-state index in [-0.39, 0.29) is 32.6 Å². The van der Waals surface area contributed by atoms with Gasteiger partial charge in [0.25, 0.3) is 11.1 Å². The summed E-state index contributed by atoms with van der Waals surface area (Å²) in [5.41, 5.74) is -4.88. The SMILES string of the molecule is Cc1c(S(N)(=O)=O)c(=O)[nH]c(=O)n1-c1ccc(S(=O)(=O)c2ccc(-n3c(C)c(S(N)(=O)=O)c(=O)[nH]c3=O)cc2)cc1. The maximum atomic E-state index is 13.2. The van der Waals surface area contributed by atoms with Gasteiger partial charge in [-0.2, -0.15) is 0 Å². The number of hydrogen-bond acceptors (Lipinski definition) is 10. The average molecular weight is 625 g/mol. The lowest BCUT2D eigenvalue weighted by Crippen LogP contribution is -2.36. The quantitative estimate of drug-likeness (QED) is 0.185. The zero-order valence-electron chi connectivity index (χ0n) is 21.0. The minimum absolute atomic E-state index is 0.0292. The molecule has 0 aliphatic rings. The number of benzene rings is 2. The largest absolute Gasteiger partial charge is 0.333 e. The number of aromatic amines is 2. The molecule has 0 unspecified atom stereocenters. The smallest absolute Gasteiger partial charge is 0.272 e. The highest BCUT2D eigenvalue weighted by atomic mass is 32.2. The Labute approximate surface area is 230 Å². The number of sulfone groups is 1. The summed E-state index contributed by atoms with van der Waals surface area (Å²) in [5.74, 6) is 0. The van der Waals surface area contributed by atoms with E-state index in [1.54, 1.807) is 0 Å². The van der Waals surface area contributed by atoms with Crippen LogP contribution in [0.2, 0.25) is 0 Å². The molecule has 0 saturated carbocycles. The van der Waals surface area contributed by atoms with E-state index in [9.17, 15) is 44.4 Å². The Morgan fingerprint density at radius 3 is 1.12 bits per heavy atom. The van der Waals surface area contributed by atoms with Crippen LogP contribution in [-0.4, -0.2) is 44.4 Å². The van der Waals surface area contributed by atoms with E-state index < -0.39 is 62.2 Å². The van der Waals surface area contributed by atoms with Gasteiger partial charge in [-0.15, -0.1) is 0 Å². The van der Waals surface area contributed by atoms with Crippen LogP contribution in [0.3, 0.4) is 0 Å². The summed E-state index contributed by atoms with van der Waals surface area (Å²) in [6, 6.07) is 9.39. The molecule has 4 aromatic rings. The second-order valence-electron chi connectivity index (χ2n) is 8.60. The van der Waals surface area contributed by atoms with Gasteiger partial charge in [0.05, 0.1) is 32.6 Å². The minimum atomic E-state index is -4.49. The van der Waals surface area contributed by atoms with E-state index in [1.165, 1.54) is 38.1 Å². The van der Waals surface area contributed by atoms with Crippen molar-refractivity contribution in [1.29, 1.82) is 0 Å². The number of nitrogens with zero attached hydrogens (tertiary/aromatic N) is 2. The molecule has 0 fully saturated rings. The number of aromatic nitrogens is 4. The number of hydrogen-bond donors (Lipinski definition) is 4. The number of H-pyrrole nitrogens is 2. The molecule has 19 heteroatoms. The van der Waals surface area contributed by atoms with Crippen LogP contribution in [0.1, 0.15) is 11.4 Å². The van der Waals surface area contributed by atoms with Crippen molar-refractivity contribution < 1.29 is 25.3 Å². The fourth-order valence-electron chi connectivity index (χ4n) is 4.23. The highest BCUT2D eigenvalue weighted by Crippen LogP contribution is 2.24. The van der Waals surface area contributed by atoms with Crippen molar-refractivity contribution in [3.05, 3.63) is 102 Å². The summed E-state index contributed by atoms with van der Waals surface area (Å²) in [5, 5.41) is 10.2. The zero-order valence-corrected chi connectivity index (χ0v) is 23.4. The summed E-state index contributed by atoms with van der Waals surface area (Å²) < 4.78 is 75.5. The van der Waals surface area contributed by atoms with Crippen LogP contribution in [0.5, 0.6) is 0 Å². The van der Waals surface area contributed by atoms with Gasteiger partial charge in [0.1, 0.15) is 0 Å². The molecule has 2 aromatic heterocycles. The zero-order chi connectivity index (χ0) is 30.7. The average Bonchev–Trinajstić information content (AvgIpc) is 2.82. The highest BCUT2D eigenvalue weighted by molar-refractivity contribution is 7.91. The van der Waals surface area contributed by atoms with Crippen LogP contribution < -0.4 is 32.8 Å². The topological polar surface area (TPSA) is 264 Å². The van der Waals surface area contributed by atoms with Crippen LogP contribution in [0.25, 0.3) is 11.4 Å². The summed E-state index contributed by atoms with van der Waals surface area (Å²) in [4.78, 5) is 50.4. The van der Waals surface area contributed by atoms with Crippen molar-refractivity contribution in [1.82, 2.24) is 19.1 Å². The standard InChI is InChI=1S/C22H20N6O10S3/c1-11-17(40(23,35)36)19(29)25-21(31)27(11)13-3-7-15(8-4-13)39(33,34)16-9-5-14(6-10-16)28-12(2)18(41(24,37)38)20(30)26-22(28)32/h3-10H,1-2H3,(H2,23,35,36)(H2,24,37,38)(H,25,29,31)(H,26,30,32). The molecule has 0 saturated heterocycles. The first kappa shape index (κ1) is 29.6. The Bertz CT molecular complexity index is 2140. The molecule has 16 nitrogen and oxygen atoms in total. The predicted molar refractivity (Wildman–Crippen MR) is 143 cm³/mol. The Morgan fingerprint density at radius 1 is 0.561 bits per heavy atom. The van der Waals surface area contributed by atoms with Crippen molar-refractivity contribution in [2.45, 2.75) is 33.4 Å². The third-order valence-electron chi connectivity index (χ3n) is 5.97. The van der Waals surface area contributed by atoms with Crippen LogP contribution >= 0.6 is 0 Å². The maximum Gasteiger partial charge on any atom is 0.333 e. The fraction of sp³-hybridized carbons (Fsp3) is 0.0909. The maximum absolute atomic E-state index is 13.2. The molecule has 0 amide bonds. The molecule has 0 radical (unpaired) electrons. The van der Waals surface area contributed by atoms with Gasteiger partial charge in [0.15, 0.2) is 9.79 Å². The second-order valence-corrected chi connectivity index (χ2v) is 13.5. The Balaban J connectivity index is 1.76. The predicted octanol–water partition coefficient (Wildman–Crippen LogP) is -1.89. The van der Waals surface area contributed by atoms with E-state index >= 15 is 0 Å². The number of sulfonamides is 2. The Hall–Kier alpha value is -4.43. The van der Waals surface area contributed by atoms with Crippen molar-refractivity contribution >= 4 is 29.9 Å². The molecule has 0 aliphatic heterocycles. The molecular weight excluding hydrogens is 604 g/mol. The van der Waals surface area contributed by atoms with Crippen molar-refractivity contribution in [2.24, 2.45) is 10.3 Å². The van der Waals surface area contributed by atoms with E-state index in [1.807, 2.05) is 9.97 Å². The summed E-state index contributed by atoms with van der Waals surface area (Å²) in [6.07, 6.45) is 0. The molecule has 4 rings (SSSR count). The summed E-state index contributed by atoms with van der Waals surface area (Å²) in [7, 11) is -13.2. The molecule has 41 heavy (non-hydrogen) atoms. The Kier molecular flexibility index (Phi) is 7.13. The van der Waals surface area contributed by atoms with Crippen LogP contribution in [0, 0.1) is 13.8 Å². The first-order valence-corrected chi connectivity index (χ1v) is 15.7. The molecule has 0 atom stereocenters. The van der Waals surface area contributed by atoms with Gasteiger partial charge >= 0.3 is 11.4 Å². The van der Waals surface area contributed by atoms with E-state index in [0.717, 1.165) is 33.4 Å². The van der Waals surface area contributed by atoms with Crippen LogP contribution in [0.15, 0.2) is 87.3 Å². The molecule has 2 aromatic carbocycles. The molecule has 216 valence electrons. The number of rotatable bonds is 6. The Morgan fingerprint density at radius 2 is 0.854 bits per heavy atom. The van der Waals surface area contributed by atoms with Gasteiger partial charge in [-0.3, -0.25) is 28.7 Å². The van der Waals surface area contributed by atoms with E-state index in [4.69, 9.17) is 10.3 Å². The van der Waals surface area contributed by atoms with Crippen LogP contribution in [-0.2, 0) is 29.9 Å². The monoisotopic (exact) mass is 624 g/mol. The third-order valence-corrected chi connectivity index (χ3v) is 9.85. The first-order chi connectivity index (χ1) is 18.9. The molecule has 0 spiro atoms. The number of nitrogens with one attached hydrogen (secondary N) is 2. The molecule has 0 bridgehead atoms. The van der Waals surface area contributed by atoms with Crippen LogP contribution in [0.4, 0.5) is 0 Å². The van der Waals surface area contributed by atoms with E-state index in [2.05, 4.69) is 0 Å². The molecular formula is C22H20N6O10S3. The fourth-order valence-corrected chi connectivity index (χ4v) is 7.12. The number of nitrogens with two attached hydrogens (primary N) is 2. The normalized spacial score (nSPS) is 12.4.